The van der Waals surface area contributed by atoms with Crippen LogP contribution in [0.4, 0.5) is 0 Å². The summed E-state index contributed by atoms with van der Waals surface area (Å²) in [7, 11) is 1.59. The summed E-state index contributed by atoms with van der Waals surface area (Å²) >= 11 is 1.32. The highest BCUT2D eigenvalue weighted by Gasteiger charge is 2.15. The summed E-state index contributed by atoms with van der Waals surface area (Å²) in [5.74, 6) is 0.801. The molecule has 0 unspecified atom stereocenters. The SMILES string of the molecule is COCCNC(=O)c1ccc(-c2noc(-c3ccccc3)n2)s1. The zero-order chi connectivity index (χ0) is 16.1. The van der Waals surface area contributed by atoms with Gasteiger partial charge in [-0.25, -0.2) is 0 Å². The fourth-order valence-electron chi connectivity index (χ4n) is 1.96. The minimum Gasteiger partial charge on any atom is -0.383 e. The normalized spacial score (nSPS) is 10.7. The lowest BCUT2D eigenvalue weighted by molar-refractivity contribution is 0.0941. The van der Waals surface area contributed by atoms with Crippen LogP contribution in [0.25, 0.3) is 22.2 Å². The van der Waals surface area contributed by atoms with Crippen LogP contribution in [0.2, 0.25) is 0 Å². The highest BCUT2D eigenvalue weighted by Crippen LogP contribution is 2.28. The van der Waals surface area contributed by atoms with Crippen LogP contribution in [0.3, 0.4) is 0 Å². The third-order valence-electron chi connectivity index (χ3n) is 3.09. The number of carbonyl (C=O) groups is 1. The number of rotatable bonds is 6. The average molecular weight is 329 g/mol. The molecule has 0 fully saturated rings. The van der Waals surface area contributed by atoms with Gasteiger partial charge in [-0.1, -0.05) is 23.4 Å². The Kier molecular flexibility index (Phi) is 4.80. The molecule has 0 radical (unpaired) electrons. The van der Waals surface area contributed by atoms with Crippen LogP contribution < -0.4 is 5.32 Å². The first-order valence-corrected chi connectivity index (χ1v) is 7.86. The van der Waals surface area contributed by atoms with E-state index < -0.39 is 0 Å². The third kappa shape index (κ3) is 3.64. The summed E-state index contributed by atoms with van der Waals surface area (Å²) in [6, 6.07) is 13.1. The van der Waals surface area contributed by atoms with E-state index in [9.17, 15) is 4.79 Å². The Bertz CT molecular complexity index is 783. The lowest BCUT2D eigenvalue weighted by atomic mass is 10.2. The van der Waals surface area contributed by atoms with E-state index in [0.29, 0.717) is 29.7 Å². The van der Waals surface area contributed by atoms with E-state index in [-0.39, 0.29) is 5.91 Å². The van der Waals surface area contributed by atoms with Gasteiger partial charge in [-0.2, -0.15) is 4.98 Å². The van der Waals surface area contributed by atoms with Crippen LogP contribution in [0, 0.1) is 0 Å². The second-order valence-corrected chi connectivity index (χ2v) is 5.79. The van der Waals surface area contributed by atoms with E-state index in [0.717, 1.165) is 10.4 Å². The first kappa shape index (κ1) is 15.4. The van der Waals surface area contributed by atoms with Crippen molar-refractivity contribution >= 4 is 17.2 Å². The molecule has 3 rings (SSSR count). The van der Waals surface area contributed by atoms with Gasteiger partial charge in [0.15, 0.2) is 0 Å². The van der Waals surface area contributed by atoms with Crippen molar-refractivity contribution in [3.8, 4) is 22.2 Å². The van der Waals surface area contributed by atoms with Gasteiger partial charge in [-0.05, 0) is 24.3 Å². The molecule has 0 spiro atoms. The number of ether oxygens (including phenoxy) is 1. The highest BCUT2D eigenvalue weighted by molar-refractivity contribution is 7.17. The van der Waals surface area contributed by atoms with E-state index in [1.807, 2.05) is 36.4 Å². The number of nitrogens with one attached hydrogen (secondary N) is 1. The maximum Gasteiger partial charge on any atom is 0.261 e. The average Bonchev–Trinajstić information content (AvgIpc) is 3.25. The zero-order valence-corrected chi connectivity index (χ0v) is 13.3. The second-order valence-electron chi connectivity index (χ2n) is 4.70. The molecule has 7 heteroatoms. The van der Waals surface area contributed by atoms with E-state index in [1.165, 1.54) is 11.3 Å². The van der Waals surface area contributed by atoms with Gasteiger partial charge in [-0.15, -0.1) is 11.3 Å². The van der Waals surface area contributed by atoms with Gasteiger partial charge in [0.25, 0.3) is 11.8 Å². The van der Waals surface area contributed by atoms with Gasteiger partial charge in [0.2, 0.25) is 5.82 Å². The predicted octanol–water partition coefficient (Wildman–Crippen LogP) is 2.84. The number of amides is 1. The van der Waals surface area contributed by atoms with Crippen molar-refractivity contribution in [2.45, 2.75) is 0 Å². The standard InChI is InChI=1S/C16H15N3O3S/c1-21-10-9-17-15(20)13-8-7-12(23-13)14-18-16(22-19-14)11-5-3-2-4-6-11/h2-8H,9-10H2,1H3,(H,17,20). The monoisotopic (exact) mass is 329 g/mol. The van der Waals surface area contributed by atoms with Crippen molar-refractivity contribution in [3.63, 3.8) is 0 Å². The van der Waals surface area contributed by atoms with Crippen molar-refractivity contribution in [2.24, 2.45) is 0 Å². The molecular weight excluding hydrogens is 314 g/mol. The fourth-order valence-corrected chi connectivity index (χ4v) is 2.80. The van der Waals surface area contributed by atoms with Gasteiger partial charge < -0.3 is 14.6 Å². The lowest BCUT2D eigenvalue weighted by Gasteiger charge is -2.01. The van der Waals surface area contributed by atoms with E-state index in [1.54, 1.807) is 13.2 Å². The van der Waals surface area contributed by atoms with Crippen molar-refractivity contribution in [1.29, 1.82) is 0 Å². The highest BCUT2D eigenvalue weighted by atomic mass is 32.1. The molecule has 0 atom stereocenters. The van der Waals surface area contributed by atoms with Gasteiger partial charge in [-0.3, -0.25) is 4.79 Å². The number of aromatic nitrogens is 2. The molecule has 0 aliphatic heterocycles. The van der Waals surface area contributed by atoms with E-state index in [2.05, 4.69) is 15.5 Å². The summed E-state index contributed by atoms with van der Waals surface area (Å²) in [5, 5.41) is 6.76. The number of methoxy groups -OCH3 is 1. The summed E-state index contributed by atoms with van der Waals surface area (Å²) in [6.45, 7) is 0.957. The first-order chi connectivity index (χ1) is 11.3. The third-order valence-corrected chi connectivity index (χ3v) is 4.17. The molecule has 23 heavy (non-hydrogen) atoms. The Balaban J connectivity index is 1.73. The Morgan fingerprint density at radius 1 is 1.26 bits per heavy atom. The summed E-state index contributed by atoms with van der Waals surface area (Å²) < 4.78 is 10.2. The molecule has 1 aromatic carbocycles. The molecule has 3 aromatic rings. The van der Waals surface area contributed by atoms with Crippen LogP contribution in [-0.4, -0.2) is 36.3 Å². The molecule has 2 heterocycles. The number of hydrogen-bond acceptors (Lipinski definition) is 6. The Morgan fingerprint density at radius 3 is 2.87 bits per heavy atom. The summed E-state index contributed by atoms with van der Waals surface area (Å²) in [6.07, 6.45) is 0. The smallest absolute Gasteiger partial charge is 0.261 e. The minimum atomic E-state index is -0.134. The van der Waals surface area contributed by atoms with Gasteiger partial charge >= 0.3 is 0 Å². The van der Waals surface area contributed by atoms with Gasteiger partial charge in [0, 0.05) is 19.2 Å². The molecule has 2 aromatic heterocycles. The molecule has 1 N–H and O–H groups in total. The molecular formula is C16H15N3O3S. The van der Waals surface area contributed by atoms with Gasteiger partial charge in [0.1, 0.15) is 0 Å². The van der Waals surface area contributed by atoms with E-state index >= 15 is 0 Å². The molecule has 118 valence electrons. The van der Waals surface area contributed by atoms with Crippen molar-refractivity contribution < 1.29 is 14.1 Å². The number of thiophene rings is 1. The number of carbonyl (C=O) groups excluding carboxylic acids is 1. The number of benzene rings is 1. The molecule has 0 aliphatic rings. The van der Waals surface area contributed by atoms with Crippen LogP contribution in [0.5, 0.6) is 0 Å². The Hall–Kier alpha value is -2.51. The fraction of sp³-hybridized carbons (Fsp3) is 0.188. The number of nitrogens with zero attached hydrogens (tertiary/aromatic N) is 2. The van der Waals surface area contributed by atoms with Crippen molar-refractivity contribution in [1.82, 2.24) is 15.5 Å². The Labute approximate surface area is 137 Å². The quantitative estimate of drug-likeness (QED) is 0.704. The number of hydrogen-bond donors (Lipinski definition) is 1. The molecule has 1 amide bonds. The summed E-state index contributed by atoms with van der Waals surface area (Å²) in [4.78, 5) is 17.7. The molecule has 0 saturated heterocycles. The maximum absolute atomic E-state index is 12.0. The molecule has 0 saturated carbocycles. The van der Waals surface area contributed by atoms with Crippen molar-refractivity contribution in [2.75, 3.05) is 20.3 Å². The topological polar surface area (TPSA) is 77.2 Å². The van der Waals surface area contributed by atoms with Crippen molar-refractivity contribution in [3.05, 3.63) is 47.3 Å². The summed E-state index contributed by atoms with van der Waals surface area (Å²) in [5.41, 5.74) is 0.861. The lowest BCUT2D eigenvalue weighted by Crippen LogP contribution is -2.26. The molecule has 6 nitrogen and oxygen atoms in total. The van der Waals surface area contributed by atoms with Gasteiger partial charge in [0.05, 0.1) is 16.4 Å². The second kappa shape index (κ2) is 7.17. The van der Waals surface area contributed by atoms with Crippen LogP contribution in [-0.2, 0) is 4.74 Å². The first-order valence-electron chi connectivity index (χ1n) is 7.04. The zero-order valence-electron chi connectivity index (χ0n) is 12.5. The minimum absolute atomic E-state index is 0.134. The largest absolute Gasteiger partial charge is 0.383 e. The maximum atomic E-state index is 12.0. The van der Waals surface area contributed by atoms with Crippen LogP contribution >= 0.6 is 11.3 Å². The molecule has 0 aliphatic carbocycles. The van der Waals surface area contributed by atoms with Crippen LogP contribution in [0.1, 0.15) is 9.67 Å². The molecule has 0 bridgehead atoms. The van der Waals surface area contributed by atoms with E-state index in [4.69, 9.17) is 9.26 Å². The van der Waals surface area contributed by atoms with Crippen LogP contribution in [0.15, 0.2) is 47.0 Å². The Morgan fingerprint density at radius 2 is 2.09 bits per heavy atom. The predicted molar refractivity (Wildman–Crippen MR) is 87.3 cm³/mol.